The van der Waals surface area contributed by atoms with Crippen molar-refractivity contribution in [3.05, 3.63) is 72.6 Å². The number of para-hydroxylation sites is 1. The molecule has 2 aromatic carbocycles. The van der Waals surface area contributed by atoms with Crippen molar-refractivity contribution in [3.63, 3.8) is 0 Å². The third-order valence-electron chi connectivity index (χ3n) is 4.72. The van der Waals surface area contributed by atoms with Crippen LogP contribution < -0.4 is 19.8 Å². The van der Waals surface area contributed by atoms with E-state index in [4.69, 9.17) is 4.74 Å². The number of aromatic nitrogens is 2. The molecule has 0 aliphatic carbocycles. The number of carbonyl (C=O) groups is 2. The zero-order chi connectivity index (χ0) is 24.1. The van der Waals surface area contributed by atoms with Gasteiger partial charge in [-0.1, -0.05) is 18.2 Å². The van der Waals surface area contributed by atoms with Crippen LogP contribution in [-0.4, -0.2) is 49.1 Å². The molecule has 4 rings (SSSR count). The molecule has 3 aromatic rings. The average molecular weight is 481 g/mol. The molecule has 0 bridgehead atoms. The predicted octanol–water partition coefficient (Wildman–Crippen LogP) is 1.54. The smallest absolute Gasteiger partial charge is 0.276 e. The summed E-state index contributed by atoms with van der Waals surface area (Å²) in [6.45, 7) is 1.58. The number of benzene rings is 2. The molecule has 0 spiro atoms. The van der Waals surface area contributed by atoms with Crippen LogP contribution in [0.15, 0.2) is 77.0 Å². The van der Waals surface area contributed by atoms with Gasteiger partial charge in [-0.05, 0) is 43.3 Å². The highest BCUT2D eigenvalue weighted by Crippen LogP contribution is 2.23. The van der Waals surface area contributed by atoms with E-state index in [1.54, 1.807) is 24.3 Å². The summed E-state index contributed by atoms with van der Waals surface area (Å²) in [5.41, 5.74) is 3.36. The normalized spacial score (nSPS) is 13.8. The van der Waals surface area contributed by atoms with E-state index in [2.05, 4.69) is 25.8 Å². The molecule has 0 radical (unpaired) electrons. The Balaban J connectivity index is 1.59. The largest absolute Gasteiger partial charge is 0.494 e. The van der Waals surface area contributed by atoms with Gasteiger partial charge in [-0.3, -0.25) is 9.59 Å². The molecule has 34 heavy (non-hydrogen) atoms. The van der Waals surface area contributed by atoms with Crippen molar-refractivity contribution in [3.8, 4) is 5.75 Å². The molecule has 2 N–H and O–H groups in total. The minimum atomic E-state index is -4.21. The van der Waals surface area contributed by atoms with Crippen molar-refractivity contribution in [2.75, 3.05) is 22.8 Å². The summed E-state index contributed by atoms with van der Waals surface area (Å²) in [6, 6.07) is 14.2. The lowest BCUT2D eigenvalue weighted by molar-refractivity contribution is -0.119. The highest BCUT2D eigenvalue weighted by molar-refractivity contribution is 7.92. The number of hydrogen-bond donors (Lipinski definition) is 2. The Bertz CT molecular complexity index is 1340. The van der Waals surface area contributed by atoms with E-state index in [1.165, 1.54) is 42.7 Å². The third-order valence-corrected chi connectivity index (χ3v) is 6.46. The zero-order valence-corrected chi connectivity index (χ0v) is 18.8. The first kappa shape index (κ1) is 22.9. The number of nitrogens with zero attached hydrogens (tertiary/aromatic N) is 4. The number of hydrogen-bond acceptors (Lipinski definition) is 8. The molecule has 11 nitrogen and oxygen atoms in total. The fraction of sp³-hybridized carbons (Fsp3) is 0.136. The van der Waals surface area contributed by atoms with Crippen LogP contribution in [-0.2, 0) is 19.6 Å². The van der Waals surface area contributed by atoms with E-state index >= 15 is 0 Å². The molecule has 0 saturated heterocycles. The van der Waals surface area contributed by atoms with E-state index < -0.39 is 28.4 Å². The molecule has 1 aliphatic heterocycles. The molecule has 12 heteroatoms. The van der Waals surface area contributed by atoms with Crippen LogP contribution in [0.25, 0.3) is 0 Å². The van der Waals surface area contributed by atoms with Crippen LogP contribution in [0.5, 0.6) is 5.75 Å². The van der Waals surface area contributed by atoms with E-state index in [0.717, 1.165) is 4.31 Å². The lowest BCUT2D eigenvalue weighted by atomic mass is 10.1. The number of carbonyl (C=O) groups excluding carboxylic acids is 2. The third kappa shape index (κ3) is 4.71. The Kier molecular flexibility index (Phi) is 6.50. The van der Waals surface area contributed by atoms with E-state index in [1.807, 2.05) is 6.92 Å². The second kappa shape index (κ2) is 9.67. The number of amides is 2. The first-order valence-corrected chi connectivity index (χ1v) is 11.6. The maximum Gasteiger partial charge on any atom is 0.276 e. The monoisotopic (exact) mass is 480 g/mol. The number of rotatable bonds is 8. The molecule has 0 atom stereocenters. The number of nitrogens with one attached hydrogen (secondary N) is 2. The van der Waals surface area contributed by atoms with Crippen molar-refractivity contribution in [2.24, 2.45) is 5.10 Å². The van der Waals surface area contributed by atoms with Gasteiger partial charge >= 0.3 is 0 Å². The summed E-state index contributed by atoms with van der Waals surface area (Å²) in [5.74, 6) is -0.950. The van der Waals surface area contributed by atoms with Gasteiger partial charge in [0.1, 0.15) is 12.3 Å². The van der Waals surface area contributed by atoms with Gasteiger partial charge in [0.25, 0.3) is 21.8 Å². The summed E-state index contributed by atoms with van der Waals surface area (Å²) >= 11 is 0. The van der Waals surface area contributed by atoms with Gasteiger partial charge in [0.2, 0.25) is 5.95 Å². The number of fused-ring (bicyclic) bond motifs is 1. The zero-order valence-electron chi connectivity index (χ0n) is 18.0. The fourth-order valence-electron chi connectivity index (χ4n) is 3.18. The Morgan fingerprint density at radius 3 is 2.50 bits per heavy atom. The van der Waals surface area contributed by atoms with Crippen LogP contribution >= 0.6 is 0 Å². The summed E-state index contributed by atoms with van der Waals surface area (Å²) < 4.78 is 32.8. The number of anilines is 2. The maximum atomic E-state index is 13.3. The Morgan fingerprint density at radius 1 is 1.09 bits per heavy atom. The number of ether oxygens (including phenoxy) is 1. The second-order valence-corrected chi connectivity index (χ2v) is 8.82. The van der Waals surface area contributed by atoms with E-state index in [0.29, 0.717) is 23.6 Å². The molecule has 2 heterocycles. The predicted molar refractivity (Wildman–Crippen MR) is 124 cm³/mol. The van der Waals surface area contributed by atoms with Crippen molar-refractivity contribution in [2.45, 2.75) is 11.8 Å². The van der Waals surface area contributed by atoms with Crippen LogP contribution in [0.4, 0.5) is 11.6 Å². The summed E-state index contributed by atoms with van der Waals surface area (Å²) in [7, 11) is -4.21. The molecule has 1 aromatic heterocycles. The minimum Gasteiger partial charge on any atom is -0.494 e. The van der Waals surface area contributed by atoms with Crippen LogP contribution in [0, 0.1) is 0 Å². The molecule has 0 fully saturated rings. The first-order valence-electron chi connectivity index (χ1n) is 10.2. The van der Waals surface area contributed by atoms with Gasteiger partial charge in [-0.25, -0.2) is 28.1 Å². The second-order valence-electron chi connectivity index (χ2n) is 6.96. The van der Waals surface area contributed by atoms with Crippen molar-refractivity contribution >= 4 is 39.2 Å². The summed E-state index contributed by atoms with van der Waals surface area (Å²) in [6.07, 6.45) is 2.72. The van der Waals surface area contributed by atoms with Gasteiger partial charge in [0, 0.05) is 18.0 Å². The Labute approximate surface area is 195 Å². The topological polar surface area (TPSA) is 143 Å². The van der Waals surface area contributed by atoms with Gasteiger partial charge < -0.3 is 10.1 Å². The van der Waals surface area contributed by atoms with Gasteiger partial charge in [0.05, 0.1) is 17.2 Å². The molecular formula is C22H20N6O5S. The molecule has 174 valence electrons. The average Bonchev–Trinajstić information content (AvgIpc) is 3.17. The lowest BCUT2D eigenvalue weighted by Crippen LogP contribution is -2.40. The maximum absolute atomic E-state index is 13.3. The minimum absolute atomic E-state index is 0.0147. The Morgan fingerprint density at radius 2 is 1.79 bits per heavy atom. The van der Waals surface area contributed by atoms with Crippen molar-refractivity contribution < 1.29 is 22.7 Å². The number of hydrazone groups is 1. The van der Waals surface area contributed by atoms with Gasteiger partial charge in [-0.15, -0.1) is 0 Å². The van der Waals surface area contributed by atoms with Gasteiger partial charge in [0.15, 0.2) is 5.71 Å². The molecule has 0 saturated carbocycles. The molecular weight excluding hydrogens is 460 g/mol. The standard InChI is InChI=1S/C22H20N6O5S/c1-2-33-15-8-10-16(11-9-15)34(31,32)28(22-23-12-5-13-24-22)14-19(29)26-27-20-17-6-3-4-7-18(17)25-21(20)30/h3-13H,2,14H2,1H3,(H,26,29)(H,25,27,30). The Hall–Kier alpha value is -4.32. The van der Waals surface area contributed by atoms with Crippen LogP contribution in [0.1, 0.15) is 12.5 Å². The first-order chi connectivity index (χ1) is 16.4. The van der Waals surface area contributed by atoms with Gasteiger partial charge in [-0.2, -0.15) is 5.10 Å². The fourth-order valence-corrected chi connectivity index (χ4v) is 4.51. The van der Waals surface area contributed by atoms with Crippen molar-refractivity contribution in [1.82, 2.24) is 15.4 Å². The van der Waals surface area contributed by atoms with E-state index in [9.17, 15) is 18.0 Å². The van der Waals surface area contributed by atoms with Crippen LogP contribution in [0.3, 0.4) is 0 Å². The molecule has 1 aliphatic rings. The molecule has 2 amide bonds. The highest BCUT2D eigenvalue weighted by atomic mass is 32.2. The molecule has 0 unspecified atom stereocenters. The summed E-state index contributed by atoms with van der Waals surface area (Å²) in [5, 5.41) is 6.54. The van der Waals surface area contributed by atoms with Crippen molar-refractivity contribution in [1.29, 1.82) is 0 Å². The highest BCUT2D eigenvalue weighted by Gasteiger charge is 2.30. The SMILES string of the molecule is CCOc1ccc(S(=O)(=O)N(CC(=O)N/N=C2\C(=O)Nc3ccccc32)c2ncccn2)cc1. The quantitative estimate of drug-likeness (QED) is 0.466. The summed E-state index contributed by atoms with van der Waals surface area (Å²) in [4.78, 5) is 32.7. The van der Waals surface area contributed by atoms with Crippen LogP contribution in [0.2, 0.25) is 0 Å². The number of sulfonamides is 1. The lowest BCUT2D eigenvalue weighted by Gasteiger charge is -2.21. The van der Waals surface area contributed by atoms with E-state index in [-0.39, 0.29) is 16.6 Å².